The molecule has 0 aliphatic rings. The summed E-state index contributed by atoms with van der Waals surface area (Å²) >= 11 is 0. The van der Waals surface area contributed by atoms with Gasteiger partial charge >= 0.3 is 0 Å². The monoisotopic (exact) mass is 317 g/mol. The summed E-state index contributed by atoms with van der Waals surface area (Å²) in [6.45, 7) is 2.24. The summed E-state index contributed by atoms with van der Waals surface area (Å²) < 4.78 is 0. The highest BCUT2D eigenvalue weighted by Gasteiger charge is 2.08. The zero-order valence-corrected chi connectivity index (χ0v) is 14.2. The highest BCUT2D eigenvalue weighted by Crippen LogP contribution is 2.29. The van der Waals surface area contributed by atoms with Crippen LogP contribution in [0.4, 0.5) is 0 Å². The zero-order valence-electron chi connectivity index (χ0n) is 14.2. The van der Waals surface area contributed by atoms with Gasteiger partial charge < -0.3 is 0 Å². The molecule has 0 saturated carbocycles. The summed E-state index contributed by atoms with van der Waals surface area (Å²) in [6.07, 6.45) is 8.91. The Labute approximate surface area is 143 Å². The average molecular weight is 317 g/mol. The number of carbonyl (C=O) groups is 1. The van der Waals surface area contributed by atoms with Crippen molar-refractivity contribution in [3.8, 4) is 11.1 Å². The first-order chi connectivity index (χ1) is 11.8. The predicted molar refractivity (Wildman–Crippen MR) is 100 cm³/mol. The highest BCUT2D eigenvalue weighted by atomic mass is 16.1. The third-order valence-corrected chi connectivity index (χ3v) is 4.51. The van der Waals surface area contributed by atoms with E-state index in [9.17, 15) is 4.79 Å². The van der Waals surface area contributed by atoms with Gasteiger partial charge in [-0.1, -0.05) is 62.6 Å². The van der Waals surface area contributed by atoms with E-state index < -0.39 is 0 Å². The van der Waals surface area contributed by atoms with Crippen LogP contribution < -0.4 is 0 Å². The maximum atomic E-state index is 11.2. The van der Waals surface area contributed by atoms with Crippen LogP contribution in [-0.4, -0.2) is 11.3 Å². The van der Waals surface area contributed by atoms with Crippen molar-refractivity contribution in [1.29, 1.82) is 0 Å². The fourth-order valence-electron chi connectivity index (χ4n) is 3.15. The van der Waals surface area contributed by atoms with E-state index in [0.717, 1.165) is 29.2 Å². The lowest BCUT2D eigenvalue weighted by atomic mass is 9.96. The van der Waals surface area contributed by atoms with Crippen molar-refractivity contribution in [2.75, 3.05) is 0 Å². The van der Waals surface area contributed by atoms with Crippen LogP contribution in [0, 0.1) is 0 Å². The Hall–Kier alpha value is -2.48. The minimum absolute atomic E-state index is 0.641. The molecule has 3 rings (SSSR count). The minimum atomic E-state index is 0.641. The fourth-order valence-corrected chi connectivity index (χ4v) is 3.15. The molecule has 0 saturated heterocycles. The quantitative estimate of drug-likeness (QED) is 0.405. The first-order valence-electron chi connectivity index (χ1n) is 8.75. The maximum Gasteiger partial charge on any atom is 0.152 e. The number of benzene rings is 2. The van der Waals surface area contributed by atoms with Gasteiger partial charge in [-0.3, -0.25) is 9.78 Å². The van der Waals surface area contributed by atoms with E-state index in [4.69, 9.17) is 0 Å². The van der Waals surface area contributed by atoms with Crippen LogP contribution >= 0.6 is 0 Å². The maximum absolute atomic E-state index is 11.2. The molecule has 2 aromatic carbocycles. The smallest absolute Gasteiger partial charge is 0.152 e. The number of aldehydes is 1. The number of nitrogens with zero attached hydrogens (tertiary/aromatic N) is 1. The number of aromatic nitrogens is 1. The summed E-state index contributed by atoms with van der Waals surface area (Å²) in [5.74, 6) is 0. The Morgan fingerprint density at radius 2 is 1.79 bits per heavy atom. The van der Waals surface area contributed by atoms with Crippen LogP contribution in [-0.2, 0) is 6.42 Å². The fraction of sp³-hybridized carbons (Fsp3) is 0.273. The molecular formula is C22H23NO. The average Bonchev–Trinajstić information content (AvgIpc) is 2.65. The molecule has 2 nitrogen and oxygen atoms in total. The van der Waals surface area contributed by atoms with Gasteiger partial charge in [0.05, 0.1) is 5.52 Å². The highest BCUT2D eigenvalue weighted by molar-refractivity contribution is 6.03. The number of pyridine rings is 1. The molecule has 122 valence electrons. The van der Waals surface area contributed by atoms with E-state index in [1.165, 1.54) is 36.8 Å². The zero-order chi connectivity index (χ0) is 16.8. The number of rotatable bonds is 7. The minimum Gasteiger partial charge on any atom is -0.298 e. The number of aryl methyl sites for hydroxylation is 1. The van der Waals surface area contributed by atoms with Gasteiger partial charge in [0.2, 0.25) is 0 Å². The summed E-state index contributed by atoms with van der Waals surface area (Å²) in [4.78, 5) is 15.6. The van der Waals surface area contributed by atoms with Crippen LogP contribution in [0.2, 0.25) is 0 Å². The van der Waals surface area contributed by atoms with E-state index in [0.29, 0.717) is 5.56 Å². The third kappa shape index (κ3) is 3.53. The van der Waals surface area contributed by atoms with Crippen molar-refractivity contribution in [3.63, 3.8) is 0 Å². The molecular weight excluding hydrogens is 294 g/mol. The van der Waals surface area contributed by atoms with Crippen LogP contribution in [0.25, 0.3) is 22.0 Å². The van der Waals surface area contributed by atoms with E-state index in [1.807, 2.05) is 24.3 Å². The Balaban J connectivity index is 1.87. The van der Waals surface area contributed by atoms with E-state index in [2.05, 4.69) is 36.2 Å². The standard InChI is InChI=1S/C22H23NO/c1-2-3-4-5-7-17-9-11-18(12-10-17)20-14-13-19(16-24)22-21(20)8-6-15-23-22/h6,8-16H,2-5,7H2,1H3. The normalized spacial score (nSPS) is 10.9. The molecule has 0 N–H and O–H groups in total. The molecule has 0 bridgehead atoms. The number of hydrogen-bond acceptors (Lipinski definition) is 2. The molecule has 0 aliphatic heterocycles. The topological polar surface area (TPSA) is 30.0 Å². The van der Waals surface area contributed by atoms with Crippen molar-refractivity contribution in [1.82, 2.24) is 4.98 Å². The Morgan fingerprint density at radius 3 is 2.54 bits per heavy atom. The second-order valence-electron chi connectivity index (χ2n) is 6.23. The third-order valence-electron chi connectivity index (χ3n) is 4.51. The van der Waals surface area contributed by atoms with Crippen LogP contribution in [0.5, 0.6) is 0 Å². The summed E-state index contributed by atoms with van der Waals surface area (Å²) in [6, 6.07) is 16.6. The van der Waals surface area contributed by atoms with Crippen molar-refractivity contribution >= 4 is 17.2 Å². The van der Waals surface area contributed by atoms with Gasteiger partial charge in [-0.05, 0) is 41.7 Å². The second-order valence-corrected chi connectivity index (χ2v) is 6.23. The van der Waals surface area contributed by atoms with Crippen molar-refractivity contribution in [2.24, 2.45) is 0 Å². The van der Waals surface area contributed by atoms with Crippen LogP contribution in [0.3, 0.4) is 0 Å². The SMILES string of the molecule is CCCCCCc1ccc(-c2ccc(C=O)c3ncccc23)cc1. The second kappa shape index (κ2) is 7.87. The van der Waals surface area contributed by atoms with Gasteiger partial charge in [0, 0.05) is 17.1 Å². The van der Waals surface area contributed by atoms with Gasteiger partial charge in [-0.25, -0.2) is 0 Å². The van der Waals surface area contributed by atoms with Crippen LogP contribution in [0.15, 0.2) is 54.7 Å². The molecule has 2 heteroatoms. The first kappa shape index (κ1) is 16.4. The molecule has 1 heterocycles. The van der Waals surface area contributed by atoms with Gasteiger partial charge in [0.25, 0.3) is 0 Å². The van der Waals surface area contributed by atoms with Crippen LogP contribution in [0.1, 0.15) is 48.5 Å². The largest absolute Gasteiger partial charge is 0.298 e. The summed E-state index contributed by atoms with van der Waals surface area (Å²) in [5.41, 5.74) is 5.10. The molecule has 0 aliphatic carbocycles. The summed E-state index contributed by atoms with van der Waals surface area (Å²) in [5, 5.41) is 1.03. The van der Waals surface area contributed by atoms with Gasteiger partial charge in [-0.15, -0.1) is 0 Å². The Morgan fingerprint density at radius 1 is 0.958 bits per heavy atom. The molecule has 24 heavy (non-hydrogen) atoms. The van der Waals surface area contributed by atoms with Gasteiger partial charge in [0.15, 0.2) is 6.29 Å². The molecule has 1 aromatic heterocycles. The van der Waals surface area contributed by atoms with Crippen molar-refractivity contribution in [3.05, 3.63) is 65.9 Å². The van der Waals surface area contributed by atoms with E-state index in [1.54, 1.807) is 6.20 Å². The lowest BCUT2D eigenvalue weighted by molar-refractivity contribution is 0.112. The Bertz CT molecular complexity index is 821. The van der Waals surface area contributed by atoms with E-state index >= 15 is 0 Å². The molecule has 0 amide bonds. The van der Waals surface area contributed by atoms with Crippen molar-refractivity contribution < 1.29 is 4.79 Å². The molecule has 0 fully saturated rings. The van der Waals surface area contributed by atoms with E-state index in [-0.39, 0.29) is 0 Å². The number of hydrogen-bond donors (Lipinski definition) is 0. The number of fused-ring (bicyclic) bond motifs is 1. The molecule has 3 aromatic rings. The number of carbonyl (C=O) groups excluding carboxylic acids is 1. The first-order valence-corrected chi connectivity index (χ1v) is 8.75. The lowest BCUT2D eigenvalue weighted by Crippen LogP contribution is -1.91. The molecule has 0 atom stereocenters. The lowest BCUT2D eigenvalue weighted by Gasteiger charge is -2.09. The van der Waals surface area contributed by atoms with Crippen molar-refractivity contribution in [2.45, 2.75) is 39.0 Å². The predicted octanol–water partition coefficient (Wildman–Crippen LogP) is 5.84. The number of unbranched alkanes of at least 4 members (excludes halogenated alkanes) is 3. The van der Waals surface area contributed by atoms with Gasteiger partial charge in [0.1, 0.15) is 0 Å². The van der Waals surface area contributed by atoms with Gasteiger partial charge in [-0.2, -0.15) is 0 Å². The Kier molecular flexibility index (Phi) is 5.37. The molecule has 0 spiro atoms. The molecule has 0 radical (unpaired) electrons. The summed E-state index contributed by atoms with van der Waals surface area (Å²) in [7, 11) is 0. The molecule has 0 unspecified atom stereocenters.